The number of benzene rings is 2. The molecule has 0 aliphatic carbocycles. The van der Waals surface area contributed by atoms with Crippen molar-refractivity contribution in [3.05, 3.63) is 65.0 Å². The van der Waals surface area contributed by atoms with Crippen LogP contribution in [0.4, 0.5) is 9.52 Å². The number of thioether (sulfide) groups is 1. The molecule has 2 aromatic carbocycles. The van der Waals surface area contributed by atoms with Crippen LogP contribution in [0.15, 0.2) is 46.8 Å². The molecule has 29 heavy (non-hydrogen) atoms. The third kappa shape index (κ3) is 6.01. The van der Waals surface area contributed by atoms with E-state index in [4.69, 9.17) is 10.00 Å². The van der Waals surface area contributed by atoms with E-state index in [2.05, 4.69) is 21.6 Å². The van der Waals surface area contributed by atoms with E-state index in [0.29, 0.717) is 22.9 Å². The minimum Gasteiger partial charge on any atom is -0.494 e. The van der Waals surface area contributed by atoms with Crippen molar-refractivity contribution in [2.75, 3.05) is 12.4 Å². The first kappa shape index (κ1) is 20.8. The summed E-state index contributed by atoms with van der Waals surface area (Å²) in [5.74, 6) is 0.217. The summed E-state index contributed by atoms with van der Waals surface area (Å²) in [5, 5.41) is 20.0. The molecule has 6 nitrogen and oxygen atoms in total. The number of aryl methyl sites for hydroxylation is 1. The maximum atomic E-state index is 13.7. The van der Waals surface area contributed by atoms with E-state index in [1.54, 1.807) is 24.3 Å². The van der Waals surface area contributed by atoms with Crippen molar-refractivity contribution < 1.29 is 13.9 Å². The van der Waals surface area contributed by atoms with Crippen molar-refractivity contribution in [1.82, 2.24) is 10.2 Å². The molecule has 9 heteroatoms. The number of ether oxygens (including phenoxy) is 1. The molecule has 0 saturated carbocycles. The molecular formula is C20H17FN4O2S2. The Morgan fingerprint density at radius 2 is 2.00 bits per heavy atom. The minimum absolute atomic E-state index is 0.179. The maximum Gasteiger partial charge on any atom is 0.226 e. The van der Waals surface area contributed by atoms with E-state index in [9.17, 15) is 9.18 Å². The molecule has 0 aliphatic rings. The Bertz CT molecular complexity index is 1030. The highest BCUT2D eigenvalue weighted by molar-refractivity contribution is 8.00. The predicted octanol–water partition coefficient (Wildman–Crippen LogP) is 4.42. The summed E-state index contributed by atoms with van der Waals surface area (Å²) in [7, 11) is 1.41. The van der Waals surface area contributed by atoms with Gasteiger partial charge in [0.2, 0.25) is 11.0 Å². The highest BCUT2D eigenvalue weighted by Gasteiger charge is 2.10. The number of anilines is 1. The molecule has 0 aliphatic heterocycles. The Balaban J connectivity index is 1.47. The first-order chi connectivity index (χ1) is 14.1. The van der Waals surface area contributed by atoms with Crippen LogP contribution in [0.1, 0.15) is 23.1 Å². The van der Waals surface area contributed by atoms with Gasteiger partial charge in [-0.2, -0.15) is 5.26 Å². The second-order valence-electron chi connectivity index (χ2n) is 5.99. The van der Waals surface area contributed by atoms with E-state index >= 15 is 0 Å². The Kier molecular flexibility index (Phi) is 7.16. The van der Waals surface area contributed by atoms with Gasteiger partial charge in [-0.15, -0.1) is 10.2 Å². The standard InChI is InChI=1S/C20H17FN4O2S2/c1-27-17-8-6-13(10-16(17)21)7-9-18(26)23-19-24-25-20(29-19)28-12-15-4-2-14(11-22)3-5-15/h2-6,8,10H,7,9,12H2,1H3,(H,23,24,26). The van der Waals surface area contributed by atoms with Gasteiger partial charge in [0.25, 0.3) is 0 Å². The summed E-state index contributed by atoms with van der Waals surface area (Å²) in [6, 6.07) is 14.1. The third-order valence-corrected chi connectivity index (χ3v) is 6.00. The van der Waals surface area contributed by atoms with Crippen LogP contribution in [-0.4, -0.2) is 23.2 Å². The highest BCUT2D eigenvalue weighted by atomic mass is 32.2. The maximum absolute atomic E-state index is 13.7. The van der Waals surface area contributed by atoms with Crippen molar-refractivity contribution in [3.63, 3.8) is 0 Å². The number of carbonyl (C=O) groups excluding carboxylic acids is 1. The lowest BCUT2D eigenvalue weighted by molar-refractivity contribution is -0.116. The Morgan fingerprint density at radius 3 is 2.69 bits per heavy atom. The number of rotatable bonds is 8. The molecule has 0 unspecified atom stereocenters. The van der Waals surface area contributed by atoms with Gasteiger partial charge >= 0.3 is 0 Å². The van der Waals surface area contributed by atoms with Crippen LogP contribution in [0.25, 0.3) is 0 Å². The minimum atomic E-state index is -0.446. The fraction of sp³-hybridized carbons (Fsp3) is 0.200. The lowest BCUT2D eigenvalue weighted by Gasteiger charge is -2.05. The van der Waals surface area contributed by atoms with Crippen LogP contribution < -0.4 is 10.1 Å². The quantitative estimate of drug-likeness (QED) is 0.422. The van der Waals surface area contributed by atoms with Gasteiger partial charge in [0.05, 0.1) is 18.7 Å². The monoisotopic (exact) mass is 428 g/mol. The van der Waals surface area contributed by atoms with Crippen molar-refractivity contribution in [3.8, 4) is 11.8 Å². The van der Waals surface area contributed by atoms with E-state index in [1.807, 2.05) is 12.1 Å². The fourth-order valence-electron chi connectivity index (χ4n) is 2.44. The molecule has 1 aromatic heterocycles. The third-order valence-electron chi connectivity index (χ3n) is 3.96. The summed E-state index contributed by atoms with van der Waals surface area (Å²) in [5.41, 5.74) is 2.41. The smallest absolute Gasteiger partial charge is 0.226 e. The number of halogens is 1. The Labute approximate surface area is 175 Å². The number of nitriles is 1. The van der Waals surface area contributed by atoms with E-state index in [1.165, 1.54) is 36.3 Å². The molecular weight excluding hydrogens is 411 g/mol. The zero-order chi connectivity index (χ0) is 20.6. The summed E-state index contributed by atoms with van der Waals surface area (Å²) in [6.45, 7) is 0. The zero-order valence-electron chi connectivity index (χ0n) is 15.5. The van der Waals surface area contributed by atoms with Gasteiger partial charge in [-0.05, 0) is 41.8 Å². The largest absolute Gasteiger partial charge is 0.494 e. The van der Waals surface area contributed by atoms with Crippen molar-refractivity contribution >= 4 is 34.1 Å². The van der Waals surface area contributed by atoms with Gasteiger partial charge in [-0.3, -0.25) is 4.79 Å². The topological polar surface area (TPSA) is 87.9 Å². The summed E-state index contributed by atoms with van der Waals surface area (Å²) >= 11 is 2.80. The number of amides is 1. The zero-order valence-corrected chi connectivity index (χ0v) is 17.1. The summed E-state index contributed by atoms with van der Waals surface area (Å²) in [6.07, 6.45) is 0.616. The number of hydrogen-bond acceptors (Lipinski definition) is 7. The van der Waals surface area contributed by atoms with Crippen LogP contribution in [0.3, 0.4) is 0 Å². The first-order valence-corrected chi connectivity index (χ1v) is 10.4. The van der Waals surface area contributed by atoms with E-state index in [0.717, 1.165) is 15.5 Å². The van der Waals surface area contributed by atoms with Crippen LogP contribution in [0.5, 0.6) is 5.75 Å². The van der Waals surface area contributed by atoms with E-state index in [-0.39, 0.29) is 18.1 Å². The predicted molar refractivity (Wildman–Crippen MR) is 111 cm³/mol. The number of nitrogens with one attached hydrogen (secondary N) is 1. The molecule has 0 saturated heterocycles. The van der Waals surface area contributed by atoms with Gasteiger partial charge in [0.1, 0.15) is 0 Å². The number of aromatic nitrogens is 2. The fourth-order valence-corrected chi connectivity index (χ4v) is 4.17. The molecule has 3 rings (SSSR count). The summed E-state index contributed by atoms with van der Waals surface area (Å²) in [4.78, 5) is 12.1. The van der Waals surface area contributed by atoms with Gasteiger partial charge in [0.15, 0.2) is 15.9 Å². The normalized spacial score (nSPS) is 10.4. The Morgan fingerprint density at radius 1 is 1.24 bits per heavy atom. The number of hydrogen-bond donors (Lipinski definition) is 1. The molecule has 0 atom stereocenters. The lowest BCUT2D eigenvalue weighted by atomic mass is 10.1. The lowest BCUT2D eigenvalue weighted by Crippen LogP contribution is -2.12. The molecule has 0 bridgehead atoms. The molecule has 0 radical (unpaired) electrons. The highest BCUT2D eigenvalue weighted by Crippen LogP contribution is 2.28. The molecule has 0 spiro atoms. The molecule has 1 heterocycles. The average molecular weight is 429 g/mol. The van der Waals surface area contributed by atoms with Crippen LogP contribution in [0, 0.1) is 17.1 Å². The number of carbonyl (C=O) groups is 1. The second-order valence-corrected chi connectivity index (χ2v) is 8.19. The number of nitrogens with zero attached hydrogens (tertiary/aromatic N) is 3. The van der Waals surface area contributed by atoms with Crippen LogP contribution in [0.2, 0.25) is 0 Å². The number of methoxy groups -OCH3 is 1. The van der Waals surface area contributed by atoms with Crippen molar-refractivity contribution in [2.24, 2.45) is 0 Å². The SMILES string of the molecule is COc1ccc(CCC(=O)Nc2nnc(SCc3ccc(C#N)cc3)s2)cc1F. The van der Waals surface area contributed by atoms with Gasteiger partial charge in [-0.25, -0.2) is 4.39 Å². The van der Waals surface area contributed by atoms with Gasteiger partial charge in [-0.1, -0.05) is 41.3 Å². The summed E-state index contributed by atoms with van der Waals surface area (Å²) < 4.78 is 19.3. The molecule has 1 amide bonds. The van der Waals surface area contributed by atoms with Gasteiger partial charge in [0, 0.05) is 12.2 Å². The molecule has 1 N–H and O–H groups in total. The van der Waals surface area contributed by atoms with Crippen molar-refractivity contribution in [1.29, 1.82) is 5.26 Å². The van der Waals surface area contributed by atoms with E-state index < -0.39 is 5.82 Å². The molecule has 0 fully saturated rings. The molecule has 148 valence electrons. The van der Waals surface area contributed by atoms with Crippen LogP contribution in [-0.2, 0) is 17.0 Å². The van der Waals surface area contributed by atoms with Gasteiger partial charge < -0.3 is 10.1 Å². The van der Waals surface area contributed by atoms with Crippen molar-refractivity contribution in [2.45, 2.75) is 22.9 Å². The Hall–Kier alpha value is -2.96. The first-order valence-electron chi connectivity index (χ1n) is 8.65. The second kappa shape index (κ2) is 10.0. The van der Waals surface area contributed by atoms with Crippen LogP contribution >= 0.6 is 23.1 Å². The average Bonchev–Trinajstić information content (AvgIpc) is 3.18. The molecule has 3 aromatic rings.